The van der Waals surface area contributed by atoms with E-state index in [4.69, 9.17) is 4.74 Å². The molecule has 0 amide bonds. The Kier molecular flexibility index (Phi) is 9.19. The van der Waals surface area contributed by atoms with Crippen molar-refractivity contribution in [1.29, 1.82) is 0 Å². The topological polar surface area (TPSA) is 52.0 Å². The van der Waals surface area contributed by atoms with Gasteiger partial charge in [-0.3, -0.25) is 0 Å². The number of rotatable bonds is 3. The third-order valence-corrected chi connectivity index (χ3v) is 6.03. The lowest BCUT2D eigenvalue weighted by Gasteiger charge is -2.10. The van der Waals surface area contributed by atoms with Crippen LogP contribution in [0.25, 0.3) is 22.3 Å². The fourth-order valence-corrected chi connectivity index (χ4v) is 3.99. The Balaban J connectivity index is 0.000000660. The third-order valence-electron chi connectivity index (χ3n) is 4.12. The van der Waals surface area contributed by atoms with Crippen molar-refractivity contribution in [3.63, 3.8) is 0 Å². The first-order valence-electron chi connectivity index (χ1n) is 9.65. The highest BCUT2D eigenvalue weighted by atomic mass is 127. The zero-order valence-electron chi connectivity index (χ0n) is 17.1. The van der Waals surface area contributed by atoms with Crippen molar-refractivity contribution in [3.05, 3.63) is 48.3 Å². The molecule has 1 aliphatic rings. The molecule has 0 radical (unpaired) electrons. The van der Waals surface area contributed by atoms with E-state index >= 15 is 0 Å². The lowest BCUT2D eigenvalue weighted by molar-refractivity contribution is 0.314. The molecule has 1 N–H and O–H groups in total. The smallest absolute Gasteiger partial charge is 0.223 e. The Morgan fingerprint density at radius 2 is 1.82 bits per heavy atom. The molecule has 1 aromatic carbocycles. The fraction of sp³-hybridized carbons (Fsp3) is 0.333. The predicted molar refractivity (Wildman–Crippen MR) is 130 cm³/mol. The monoisotopic (exact) mass is 510 g/mol. The molecule has 1 aliphatic heterocycles. The van der Waals surface area contributed by atoms with Crippen LogP contribution in [0.2, 0.25) is 0 Å². The first-order chi connectivity index (χ1) is 13.8. The lowest BCUT2D eigenvalue weighted by atomic mass is 9.95. The van der Waals surface area contributed by atoms with Gasteiger partial charge in [0.25, 0.3) is 0 Å². The molecule has 0 fully saturated rings. The quantitative estimate of drug-likeness (QED) is 0.326. The molecule has 5 nitrogen and oxygen atoms in total. The van der Waals surface area contributed by atoms with Crippen LogP contribution in [0.15, 0.2) is 42.7 Å². The highest BCUT2D eigenvalue weighted by molar-refractivity contribution is 14.2. The van der Waals surface area contributed by atoms with Gasteiger partial charge in [0.1, 0.15) is 5.82 Å². The van der Waals surface area contributed by atoms with Crippen molar-refractivity contribution in [3.8, 4) is 28.1 Å². The molecule has 0 spiro atoms. The van der Waals surface area contributed by atoms with Gasteiger partial charge in [-0.05, 0) is 50.9 Å². The molecular formula is C21H28IN4OP. The van der Waals surface area contributed by atoms with Crippen LogP contribution in [-0.2, 0) is 6.42 Å². The number of ether oxygens (including phenoxy) is 1. The van der Waals surface area contributed by atoms with Crippen LogP contribution in [-0.4, -0.2) is 28.2 Å². The van der Waals surface area contributed by atoms with E-state index in [2.05, 4.69) is 67.9 Å². The second-order valence-corrected chi connectivity index (χ2v) is 7.60. The van der Waals surface area contributed by atoms with E-state index < -0.39 is 0 Å². The van der Waals surface area contributed by atoms with E-state index in [1.165, 1.54) is 16.7 Å². The molecule has 3 aromatic rings. The van der Waals surface area contributed by atoms with E-state index in [0.717, 1.165) is 23.4 Å². The number of pyridine rings is 1. The average molecular weight is 510 g/mol. The summed E-state index contributed by atoms with van der Waals surface area (Å²) < 4.78 is 7.83. The number of halogens is 1. The van der Waals surface area contributed by atoms with Gasteiger partial charge in [0.05, 0.1) is 19.2 Å². The normalized spacial score (nSPS) is 11.8. The lowest BCUT2D eigenvalue weighted by Crippen LogP contribution is -2.01. The highest BCUT2D eigenvalue weighted by Gasteiger charge is 2.18. The van der Waals surface area contributed by atoms with E-state index in [1.54, 1.807) is 0 Å². The molecule has 2 aromatic heterocycles. The molecule has 0 aliphatic carbocycles. The van der Waals surface area contributed by atoms with Crippen LogP contribution in [0.1, 0.15) is 33.3 Å². The minimum atomic E-state index is 0.617. The maximum Gasteiger partial charge on any atom is 0.223 e. The van der Waals surface area contributed by atoms with Gasteiger partial charge < -0.3 is 10.1 Å². The van der Waals surface area contributed by atoms with Gasteiger partial charge >= 0.3 is 0 Å². The maximum absolute atomic E-state index is 5.87. The van der Waals surface area contributed by atoms with Crippen molar-refractivity contribution >= 4 is 34.2 Å². The minimum absolute atomic E-state index is 0.617. The average Bonchev–Trinajstić information content (AvgIpc) is 3.18. The molecule has 1 atom stereocenters. The number of nitrogens with one attached hydrogen (secondary N) is 1. The summed E-state index contributed by atoms with van der Waals surface area (Å²) in [6, 6.07) is 10.6. The molecule has 0 bridgehead atoms. The Hall–Kier alpha value is -1.66. The number of hydrogen-bond acceptors (Lipinski definition) is 4. The second-order valence-electron chi connectivity index (χ2n) is 5.53. The van der Waals surface area contributed by atoms with Crippen molar-refractivity contribution < 1.29 is 4.74 Å². The van der Waals surface area contributed by atoms with Gasteiger partial charge in [0.2, 0.25) is 5.88 Å². The fourth-order valence-electron chi connectivity index (χ4n) is 2.91. The molecule has 3 heterocycles. The summed E-state index contributed by atoms with van der Waals surface area (Å²) >= 11 is 2.33. The van der Waals surface area contributed by atoms with Gasteiger partial charge in [0.15, 0.2) is 0 Å². The zero-order chi connectivity index (χ0) is 20.5. The predicted octanol–water partition coefficient (Wildman–Crippen LogP) is 6.43. The van der Waals surface area contributed by atoms with Crippen LogP contribution < -0.4 is 10.1 Å². The summed E-state index contributed by atoms with van der Waals surface area (Å²) in [5.74, 6) is 1.52. The molecular weight excluding hydrogens is 482 g/mol. The summed E-state index contributed by atoms with van der Waals surface area (Å²) in [5.41, 5.74) is 5.88. The zero-order valence-corrected chi connectivity index (χ0v) is 20.2. The highest BCUT2D eigenvalue weighted by Crippen LogP contribution is 2.37. The summed E-state index contributed by atoms with van der Waals surface area (Å²) in [4.78, 5) is 4.54. The number of anilines is 1. The van der Waals surface area contributed by atoms with Gasteiger partial charge in [-0.15, -0.1) is 0 Å². The number of fused-ring (bicyclic) bond motifs is 3. The van der Waals surface area contributed by atoms with E-state index in [9.17, 15) is 0 Å². The minimum Gasteiger partial charge on any atom is -0.477 e. The van der Waals surface area contributed by atoms with Crippen molar-refractivity contribution in [2.45, 2.75) is 34.1 Å². The molecule has 28 heavy (non-hydrogen) atoms. The van der Waals surface area contributed by atoms with Gasteiger partial charge in [-0.25, -0.2) is 4.45 Å². The Bertz CT molecular complexity index is 898. The Morgan fingerprint density at radius 3 is 2.50 bits per heavy atom. The van der Waals surface area contributed by atoms with Crippen molar-refractivity contribution in [2.75, 3.05) is 19.0 Å². The van der Waals surface area contributed by atoms with E-state index in [-0.39, 0.29) is 0 Å². The van der Waals surface area contributed by atoms with Gasteiger partial charge in [0, 0.05) is 30.8 Å². The summed E-state index contributed by atoms with van der Waals surface area (Å²) in [5, 5.41) is 7.44. The number of hydrogen-bond donors (Lipinski definition) is 1. The number of aromatic nitrogens is 3. The molecule has 4 rings (SSSR count). The van der Waals surface area contributed by atoms with Crippen LogP contribution in [0.5, 0.6) is 5.88 Å². The molecule has 7 heteroatoms. The SMILES string of the molecule is CC.CC.CNc1ccc2c(n1)OCCc1cc(-c3cnn(PI)c3)ccc1-2. The number of benzene rings is 1. The standard InChI is InChI=1S/C17H16IN4OP.2C2H6/c1-19-16-5-4-15-14-3-2-11(13-9-20-22(10-13)24-18)8-12(14)6-7-23-17(15)21-16;2*1-2/h2-5,8-10,24H,6-7H2,1H3,(H,19,21);2*1-2H3. The van der Waals surface area contributed by atoms with Crippen molar-refractivity contribution in [2.24, 2.45) is 0 Å². The van der Waals surface area contributed by atoms with Crippen molar-refractivity contribution in [1.82, 2.24) is 14.5 Å². The number of nitrogens with zero attached hydrogens (tertiary/aromatic N) is 3. The van der Waals surface area contributed by atoms with Crippen LogP contribution >= 0.6 is 28.4 Å². The van der Waals surface area contributed by atoms with Gasteiger partial charge in [-0.1, -0.05) is 45.9 Å². The van der Waals surface area contributed by atoms with E-state index in [0.29, 0.717) is 18.9 Å². The van der Waals surface area contributed by atoms with Crippen LogP contribution in [0.3, 0.4) is 0 Å². The maximum atomic E-state index is 5.87. The summed E-state index contributed by atoms with van der Waals surface area (Å²) in [7, 11) is 1.86. The Morgan fingerprint density at radius 1 is 1.07 bits per heavy atom. The second kappa shape index (κ2) is 11.4. The van der Waals surface area contributed by atoms with E-state index in [1.807, 2.05) is 51.5 Å². The summed E-state index contributed by atoms with van der Waals surface area (Å²) in [6.07, 6.45) is 5.51. The molecule has 0 saturated heterocycles. The first-order valence-corrected chi connectivity index (χ1v) is 13.7. The first kappa shape index (κ1) is 22.6. The van der Waals surface area contributed by atoms with Gasteiger partial charge in [-0.2, -0.15) is 10.1 Å². The third kappa shape index (κ3) is 5.03. The van der Waals surface area contributed by atoms with Crippen LogP contribution in [0.4, 0.5) is 5.82 Å². The molecule has 1 unspecified atom stereocenters. The molecule has 150 valence electrons. The molecule has 0 saturated carbocycles. The summed E-state index contributed by atoms with van der Waals surface area (Å²) in [6.45, 7) is 8.64. The largest absolute Gasteiger partial charge is 0.477 e. The van der Waals surface area contributed by atoms with Crippen LogP contribution in [0, 0.1) is 0 Å². The Labute approximate surface area is 182 Å².